The number of pyridine rings is 1. The summed E-state index contributed by atoms with van der Waals surface area (Å²) in [6.45, 7) is 0. The van der Waals surface area contributed by atoms with Crippen molar-refractivity contribution in [3.63, 3.8) is 0 Å². The van der Waals surface area contributed by atoms with Gasteiger partial charge in [-0.15, -0.1) is 12.4 Å². The van der Waals surface area contributed by atoms with Gasteiger partial charge in [0.2, 0.25) is 0 Å². The third-order valence-electron chi connectivity index (χ3n) is 3.65. The Morgan fingerprint density at radius 3 is 2.68 bits per heavy atom. The van der Waals surface area contributed by atoms with Crippen molar-refractivity contribution < 1.29 is 4.74 Å². The number of halogens is 1. The molecule has 0 spiro atoms. The molecule has 0 amide bonds. The molecule has 1 aromatic carbocycles. The molecule has 1 heterocycles. The van der Waals surface area contributed by atoms with Crippen LogP contribution in [0.5, 0.6) is 5.75 Å². The van der Waals surface area contributed by atoms with Gasteiger partial charge in [0.05, 0.1) is 6.10 Å². The largest absolute Gasteiger partial charge is 0.490 e. The fraction of sp³-hybridized carbons (Fsp3) is 0.400. The molecule has 1 saturated carbocycles. The molecule has 1 aromatic heterocycles. The minimum absolute atomic E-state index is 0. The van der Waals surface area contributed by atoms with Crippen LogP contribution in [0.25, 0.3) is 10.8 Å². The maximum Gasteiger partial charge on any atom is 0.127 e. The summed E-state index contributed by atoms with van der Waals surface area (Å²) >= 11 is 0. The number of nitrogens with zero attached hydrogens (tertiary/aromatic N) is 1. The Labute approximate surface area is 119 Å². The SMILES string of the molecule is Cl.NC1CCC(Oc2cccc3cnccc23)CC1. The number of hydrogen-bond acceptors (Lipinski definition) is 3. The molecule has 102 valence electrons. The predicted molar refractivity (Wildman–Crippen MR) is 79.9 cm³/mol. The van der Waals surface area contributed by atoms with Crippen LogP contribution in [-0.4, -0.2) is 17.1 Å². The first kappa shape index (κ1) is 14.1. The number of ether oxygens (including phenoxy) is 1. The highest BCUT2D eigenvalue weighted by molar-refractivity contribution is 5.87. The van der Waals surface area contributed by atoms with Crippen molar-refractivity contribution in [2.24, 2.45) is 5.73 Å². The van der Waals surface area contributed by atoms with Gasteiger partial charge in [0.15, 0.2) is 0 Å². The van der Waals surface area contributed by atoms with Crippen LogP contribution in [0.2, 0.25) is 0 Å². The van der Waals surface area contributed by atoms with E-state index < -0.39 is 0 Å². The van der Waals surface area contributed by atoms with E-state index in [-0.39, 0.29) is 12.4 Å². The smallest absolute Gasteiger partial charge is 0.127 e. The molecular weight excluding hydrogens is 260 g/mol. The molecule has 0 saturated heterocycles. The van der Waals surface area contributed by atoms with E-state index >= 15 is 0 Å². The lowest BCUT2D eigenvalue weighted by molar-refractivity contribution is 0.149. The van der Waals surface area contributed by atoms with Crippen LogP contribution in [0.3, 0.4) is 0 Å². The van der Waals surface area contributed by atoms with Gasteiger partial charge in [-0.1, -0.05) is 12.1 Å². The standard InChI is InChI=1S/C15H18N2O.ClH/c16-12-4-6-13(7-5-12)18-15-3-1-2-11-10-17-9-8-14(11)15;/h1-3,8-10,12-13H,4-7,16H2;1H. The Bertz CT molecular complexity index is 533. The molecule has 0 aliphatic heterocycles. The highest BCUT2D eigenvalue weighted by Gasteiger charge is 2.20. The fourth-order valence-corrected chi connectivity index (χ4v) is 2.58. The summed E-state index contributed by atoms with van der Waals surface area (Å²) in [5, 5.41) is 2.27. The van der Waals surface area contributed by atoms with Gasteiger partial charge in [0.25, 0.3) is 0 Å². The Morgan fingerprint density at radius 1 is 1.11 bits per heavy atom. The van der Waals surface area contributed by atoms with E-state index in [1.807, 2.05) is 30.6 Å². The first-order chi connectivity index (χ1) is 8.83. The van der Waals surface area contributed by atoms with Crippen LogP contribution in [0.1, 0.15) is 25.7 Å². The lowest BCUT2D eigenvalue weighted by Crippen LogP contribution is -2.31. The van der Waals surface area contributed by atoms with Gasteiger partial charge in [-0.2, -0.15) is 0 Å². The molecule has 0 radical (unpaired) electrons. The molecule has 3 rings (SSSR count). The van der Waals surface area contributed by atoms with Gasteiger partial charge in [-0.3, -0.25) is 4.98 Å². The van der Waals surface area contributed by atoms with Gasteiger partial charge >= 0.3 is 0 Å². The number of hydrogen-bond donors (Lipinski definition) is 1. The quantitative estimate of drug-likeness (QED) is 0.917. The van der Waals surface area contributed by atoms with E-state index in [0.717, 1.165) is 42.2 Å². The number of rotatable bonds is 2. The van der Waals surface area contributed by atoms with Crippen molar-refractivity contribution in [1.29, 1.82) is 0 Å². The molecule has 2 aromatic rings. The normalized spacial score (nSPS) is 22.8. The first-order valence-electron chi connectivity index (χ1n) is 6.58. The summed E-state index contributed by atoms with van der Waals surface area (Å²) in [4.78, 5) is 4.14. The maximum atomic E-state index is 6.13. The number of nitrogens with two attached hydrogens (primary N) is 1. The number of aromatic nitrogens is 1. The Balaban J connectivity index is 0.00000133. The number of benzene rings is 1. The lowest BCUT2D eigenvalue weighted by Gasteiger charge is -2.27. The van der Waals surface area contributed by atoms with Crippen molar-refractivity contribution >= 4 is 23.2 Å². The monoisotopic (exact) mass is 278 g/mol. The summed E-state index contributed by atoms with van der Waals surface area (Å²) in [5.41, 5.74) is 5.92. The topological polar surface area (TPSA) is 48.1 Å². The molecule has 19 heavy (non-hydrogen) atoms. The summed E-state index contributed by atoms with van der Waals surface area (Å²) in [7, 11) is 0. The van der Waals surface area contributed by atoms with E-state index in [1.165, 1.54) is 0 Å². The number of fused-ring (bicyclic) bond motifs is 1. The second-order valence-electron chi connectivity index (χ2n) is 5.01. The third-order valence-corrected chi connectivity index (χ3v) is 3.65. The van der Waals surface area contributed by atoms with Crippen LogP contribution < -0.4 is 10.5 Å². The van der Waals surface area contributed by atoms with E-state index in [4.69, 9.17) is 10.5 Å². The van der Waals surface area contributed by atoms with Crippen LogP contribution in [0.4, 0.5) is 0 Å². The molecule has 3 nitrogen and oxygen atoms in total. The second-order valence-corrected chi connectivity index (χ2v) is 5.01. The van der Waals surface area contributed by atoms with Crippen LogP contribution >= 0.6 is 12.4 Å². The van der Waals surface area contributed by atoms with Crippen LogP contribution in [0, 0.1) is 0 Å². The zero-order chi connectivity index (χ0) is 12.4. The van der Waals surface area contributed by atoms with Gasteiger partial charge < -0.3 is 10.5 Å². The summed E-state index contributed by atoms with van der Waals surface area (Å²) in [6, 6.07) is 8.50. The van der Waals surface area contributed by atoms with Crippen molar-refractivity contribution in [3.05, 3.63) is 36.7 Å². The molecule has 0 atom stereocenters. The minimum atomic E-state index is 0. The predicted octanol–water partition coefficient (Wildman–Crippen LogP) is 3.31. The molecule has 0 unspecified atom stereocenters. The van der Waals surface area contributed by atoms with Gasteiger partial charge in [0, 0.05) is 29.2 Å². The minimum Gasteiger partial charge on any atom is -0.490 e. The van der Waals surface area contributed by atoms with Crippen molar-refractivity contribution in [2.45, 2.75) is 37.8 Å². The molecule has 4 heteroatoms. The molecule has 1 fully saturated rings. The third kappa shape index (κ3) is 3.17. The summed E-state index contributed by atoms with van der Waals surface area (Å²) in [6.07, 6.45) is 8.24. The molecule has 0 bridgehead atoms. The van der Waals surface area contributed by atoms with Crippen molar-refractivity contribution in [1.82, 2.24) is 4.98 Å². The fourth-order valence-electron chi connectivity index (χ4n) is 2.58. The van der Waals surface area contributed by atoms with E-state index in [0.29, 0.717) is 12.1 Å². The highest BCUT2D eigenvalue weighted by atomic mass is 35.5. The zero-order valence-corrected chi connectivity index (χ0v) is 11.6. The van der Waals surface area contributed by atoms with E-state index in [1.54, 1.807) is 0 Å². The average Bonchev–Trinajstić information content (AvgIpc) is 2.42. The molecule has 2 N–H and O–H groups in total. The summed E-state index contributed by atoms with van der Waals surface area (Å²) in [5.74, 6) is 0.968. The Hall–Kier alpha value is -1.32. The Morgan fingerprint density at radius 2 is 1.89 bits per heavy atom. The van der Waals surface area contributed by atoms with Gasteiger partial charge in [-0.05, 0) is 37.8 Å². The molecular formula is C15H19ClN2O. The van der Waals surface area contributed by atoms with Crippen molar-refractivity contribution in [3.8, 4) is 5.75 Å². The van der Waals surface area contributed by atoms with Gasteiger partial charge in [0.1, 0.15) is 5.75 Å². The molecule has 1 aliphatic carbocycles. The first-order valence-corrected chi connectivity index (χ1v) is 6.58. The molecule has 1 aliphatic rings. The van der Waals surface area contributed by atoms with Gasteiger partial charge in [-0.25, -0.2) is 0 Å². The lowest BCUT2D eigenvalue weighted by atomic mass is 9.93. The van der Waals surface area contributed by atoms with E-state index in [2.05, 4.69) is 11.1 Å². The highest BCUT2D eigenvalue weighted by Crippen LogP contribution is 2.28. The second kappa shape index (κ2) is 6.22. The summed E-state index contributed by atoms with van der Waals surface area (Å²) < 4.78 is 6.13. The Kier molecular flexibility index (Phi) is 4.61. The van der Waals surface area contributed by atoms with Crippen LogP contribution in [0.15, 0.2) is 36.7 Å². The maximum absolute atomic E-state index is 6.13. The van der Waals surface area contributed by atoms with E-state index in [9.17, 15) is 0 Å². The van der Waals surface area contributed by atoms with Crippen molar-refractivity contribution in [2.75, 3.05) is 0 Å². The van der Waals surface area contributed by atoms with Crippen LogP contribution in [-0.2, 0) is 0 Å². The average molecular weight is 279 g/mol. The zero-order valence-electron chi connectivity index (χ0n) is 10.8.